The molecule has 0 aliphatic rings. The van der Waals surface area contributed by atoms with Crippen molar-refractivity contribution in [1.82, 2.24) is 4.90 Å². The SMILES string of the molecule is CCC(N)C(c1cccc(C)c1)N(CC#N)CC#N. The minimum atomic E-state index is -0.0940. The Kier molecular flexibility index (Phi) is 6.02. The molecule has 0 fully saturated rings. The predicted molar refractivity (Wildman–Crippen MR) is 75.0 cm³/mol. The van der Waals surface area contributed by atoms with E-state index >= 15 is 0 Å². The zero-order valence-electron chi connectivity index (χ0n) is 11.5. The topological polar surface area (TPSA) is 76.8 Å². The van der Waals surface area contributed by atoms with Crippen LogP contribution >= 0.6 is 0 Å². The molecule has 19 heavy (non-hydrogen) atoms. The van der Waals surface area contributed by atoms with Gasteiger partial charge in [-0.05, 0) is 18.9 Å². The Bertz CT molecular complexity index is 468. The van der Waals surface area contributed by atoms with Crippen LogP contribution in [0.3, 0.4) is 0 Å². The van der Waals surface area contributed by atoms with Gasteiger partial charge in [-0.2, -0.15) is 10.5 Å². The maximum atomic E-state index is 8.93. The maximum Gasteiger partial charge on any atom is 0.0879 e. The second-order valence-electron chi connectivity index (χ2n) is 4.65. The van der Waals surface area contributed by atoms with E-state index in [9.17, 15) is 0 Å². The van der Waals surface area contributed by atoms with Gasteiger partial charge in [-0.3, -0.25) is 4.90 Å². The fourth-order valence-electron chi connectivity index (χ4n) is 2.24. The molecule has 4 heteroatoms. The fourth-order valence-corrected chi connectivity index (χ4v) is 2.24. The Morgan fingerprint density at radius 3 is 2.37 bits per heavy atom. The van der Waals surface area contributed by atoms with E-state index in [4.69, 9.17) is 16.3 Å². The van der Waals surface area contributed by atoms with Crippen LogP contribution in [-0.2, 0) is 0 Å². The highest BCUT2D eigenvalue weighted by molar-refractivity contribution is 5.26. The number of nitrogens with zero attached hydrogens (tertiary/aromatic N) is 3. The predicted octanol–water partition coefficient (Wildman–Crippen LogP) is 2.12. The fraction of sp³-hybridized carbons (Fsp3) is 0.467. The van der Waals surface area contributed by atoms with Gasteiger partial charge in [0.2, 0.25) is 0 Å². The second-order valence-corrected chi connectivity index (χ2v) is 4.65. The van der Waals surface area contributed by atoms with E-state index in [0.29, 0.717) is 0 Å². The Hall–Kier alpha value is -1.88. The molecule has 4 nitrogen and oxygen atoms in total. The highest BCUT2D eigenvalue weighted by atomic mass is 15.2. The number of hydrogen-bond donors (Lipinski definition) is 1. The van der Waals surface area contributed by atoms with Crippen molar-refractivity contribution in [2.75, 3.05) is 13.1 Å². The van der Waals surface area contributed by atoms with Gasteiger partial charge in [0.05, 0.1) is 31.3 Å². The average molecular weight is 256 g/mol. The average Bonchev–Trinajstić information content (AvgIpc) is 2.39. The molecule has 100 valence electrons. The van der Waals surface area contributed by atoms with Gasteiger partial charge >= 0.3 is 0 Å². The molecule has 2 atom stereocenters. The standard InChI is InChI=1S/C15H20N4/c1-3-14(18)15(19(9-7-16)10-8-17)13-6-4-5-12(2)11-13/h4-6,11,14-15H,3,9-10,18H2,1-2H3. The van der Waals surface area contributed by atoms with Crippen LogP contribution in [0.4, 0.5) is 0 Å². The van der Waals surface area contributed by atoms with Crippen molar-refractivity contribution < 1.29 is 0 Å². The van der Waals surface area contributed by atoms with Gasteiger partial charge in [0.15, 0.2) is 0 Å². The lowest BCUT2D eigenvalue weighted by atomic mass is 9.95. The summed E-state index contributed by atoms with van der Waals surface area (Å²) in [5, 5.41) is 17.9. The van der Waals surface area contributed by atoms with E-state index in [0.717, 1.165) is 17.5 Å². The summed E-state index contributed by atoms with van der Waals surface area (Å²) in [5.74, 6) is 0. The Labute approximate surface area is 115 Å². The minimum Gasteiger partial charge on any atom is -0.326 e. The molecule has 0 amide bonds. The van der Waals surface area contributed by atoms with Crippen molar-refractivity contribution in [3.05, 3.63) is 35.4 Å². The quantitative estimate of drug-likeness (QED) is 0.791. The van der Waals surface area contributed by atoms with Crippen molar-refractivity contribution >= 4 is 0 Å². The van der Waals surface area contributed by atoms with E-state index < -0.39 is 0 Å². The first kappa shape index (κ1) is 15.2. The highest BCUT2D eigenvalue weighted by Crippen LogP contribution is 2.25. The first-order valence-corrected chi connectivity index (χ1v) is 6.44. The molecule has 1 aromatic rings. The zero-order chi connectivity index (χ0) is 14.3. The van der Waals surface area contributed by atoms with Crippen LogP contribution in [0.1, 0.15) is 30.5 Å². The third-order valence-corrected chi connectivity index (χ3v) is 3.20. The highest BCUT2D eigenvalue weighted by Gasteiger charge is 2.25. The van der Waals surface area contributed by atoms with Crippen LogP contribution in [0.25, 0.3) is 0 Å². The van der Waals surface area contributed by atoms with Crippen LogP contribution in [0.2, 0.25) is 0 Å². The smallest absolute Gasteiger partial charge is 0.0879 e. The lowest BCUT2D eigenvalue weighted by molar-refractivity contribution is 0.212. The number of nitrogens with two attached hydrogens (primary N) is 1. The van der Waals surface area contributed by atoms with Crippen molar-refractivity contribution in [3.63, 3.8) is 0 Å². The molecule has 0 saturated carbocycles. The van der Waals surface area contributed by atoms with Gasteiger partial charge in [0.25, 0.3) is 0 Å². The molecule has 0 aromatic heterocycles. The molecule has 2 unspecified atom stereocenters. The second kappa shape index (κ2) is 7.53. The van der Waals surface area contributed by atoms with E-state index in [-0.39, 0.29) is 25.2 Å². The summed E-state index contributed by atoms with van der Waals surface area (Å²) in [6.45, 7) is 4.46. The summed E-state index contributed by atoms with van der Waals surface area (Å²) < 4.78 is 0. The van der Waals surface area contributed by atoms with Crippen LogP contribution in [0, 0.1) is 29.6 Å². The van der Waals surface area contributed by atoms with Crippen molar-refractivity contribution in [1.29, 1.82) is 10.5 Å². The first-order chi connectivity index (χ1) is 9.13. The molecular weight excluding hydrogens is 236 g/mol. The third-order valence-electron chi connectivity index (χ3n) is 3.20. The van der Waals surface area contributed by atoms with Crippen LogP contribution in [0.15, 0.2) is 24.3 Å². The molecule has 0 bridgehead atoms. The number of nitriles is 2. The summed E-state index contributed by atoms with van der Waals surface area (Å²) in [7, 11) is 0. The van der Waals surface area contributed by atoms with Crippen molar-refractivity contribution in [2.45, 2.75) is 32.4 Å². The molecule has 0 aliphatic heterocycles. The number of aryl methyl sites for hydroxylation is 1. The first-order valence-electron chi connectivity index (χ1n) is 6.44. The maximum absolute atomic E-state index is 8.93. The summed E-state index contributed by atoms with van der Waals surface area (Å²) in [4.78, 5) is 1.84. The number of rotatable bonds is 6. The van der Waals surface area contributed by atoms with Gasteiger partial charge in [0.1, 0.15) is 0 Å². The van der Waals surface area contributed by atoms with Crippen molar-refractivity contribution in [3.8, 4) is 12.1 Å². The number of hydrogen-bond acceptors (Lipinski definition) is 4. The molecule has 0 aliphatic carbocycles. The Morgan fingerprint density at radius 1 is 1.26 bits per heavy atom. The van der Waals surface area contributed by atoms with E-state index in [1.165, 1.54) is 0 Å². The molecule has 1 aromatic carbocycles. The molecule has 1 rings (SSSR count). The van der Waals surface area contributed by atoms with E-state index in [1.54, 1.807) is 0 Å². The summed E-state index contributed by atoms with van der Waals surface area (Å²) in [6, 6.07) is 12.1. The third kappa shape index (κ3) is 4.06. The Morgan fingerprint density at radius 2 is 1.89 bits per heavy atom. The van der Waals surface area contributed by atoms with Gasteiger partial charge in [-0.25, -0.2) is 0 Å². The lowest BCUT2D eigenvalue weighted by Crippen LogP contribution is -2.41. The monoisotopic (exact) mass is 256 g/mol. The molecule has 0 spiro atoms. The van der Waals surface area contributed by atoms with Gasteiger partial charge < -0.3 is 5.73 Å². The Balaban J connectivity index is 3.13. The van der Waals surface area contributed by atoms with E-state index in [2.05, 4.69) is 18.2 Å². The molecule has 2 N–H and O–H groups in total. The zero-order valence-corrected chi connectivity index (χ0v) is 11.5. The molecular formula is C15H20N4. The molecule has 0 saturated heterocycles. The van der Waals surface area contributed by atoms with Gasteiger partial charge in [0, 0.05) is 6.04 Å². The molecule has 0 heterocycles. The summed E-state index contributed by atoms with van der Waals surface area (Å²) >= 11 is 0. The van der Waals surface area contributed by atoms with Crippen LogP contribution < -0.4 is 5.73 Å². The number of benzene rings is 1. The molecule has 0 radical (unpaired) electrons. The van der Waals surface area contributed by atoms with E-state index in [1.807, 2.05) is 36.9 Å². The summed E-state index contributed by atoms with van der Waals surface area (Å²) in [5.41, 5.74) is 8.42. The van der Waals surface area contributed by atoms with Crippen LogP contribution in [-0.4, -0.2) is 24.0 Å². The summed E-state index contributed by atoms with van der Waals surface area (Å²) in [6.07, 6.45) is 0.798. The largest absolute Gasteiger partial charge is 0.326 e. The lowest BCUT2D eigenvalue weighted by Gasteiger charge is -2.32. The van der Waals surface area contributed by atoms with Crippen LogP contribution in [0.5, 0.6) is 0 Å². The normalized spacial score (nSPS) is 13.6. The van der Waals surface area contributed by atoms with Gasteiger partial charge in [-0.1, -0.05) is 36.8 Å². The van der Waals surface area contributed by atoms with Crippen molar-refractivity contribution in [2.24, 2.45) is 5.73 Å². The van der Waals surface area contributed by atoms with Gasteiger partial charge in [-0.15, -0.1) is 0 Å². The minimum absolute atomic E-state index is 0.0933.